The molecule has 0 saturated carbocycles. The quantitative estimate of drug-likeness (QED) is 0.439. The molecule has 1 N–H and O–H groups in total. The van der Waals surface area contributed by atoms with E-state index in [-0.39, 0.29) is 0 Å². The summed E-state index contributed by atoms with van der Waals surface area (Å²) in [5.41, 5.74) is 0. The van der Waals surface area contributed by atoms with Crippen LogP contribution in [0.15, 0.2) is 38.0 Å². The van der Waals surface area contributed by atoms with Crippen molar-refractivity contribution in [2.75, 3.05) is 0 Å². The molecule has 19 heavy (non-hydrogen) atoms. The number of nitrogens with one attached hydrogen (secondary N) is 1. The molecule has 0 amide bonds. The van der Waals surface area contributed by atoms with Gasteiger partial charge in [0.2, 0.25) is 0 Å². The van der Waals surface area contributed by atoms with Gasteiger partial charge in [0.15, 0.2) is 0 Å². The van der Waals surface area contributed by atoms with E-state index in [0.29, 0.717) is 0 Å². The van der Waals surface area contributed by atoms with Gasteiger partial charge in [-0.3, -0.25) is 0 Å². The Kier molecular flexibility index (Phi) is 7.32. The highest BCUT2D eigenvalue weighted by molar-refractivity contribution is 7.23. The summed E-state index contributed by atoms with van der Waals surface area (Å²) in [5, 5.41) is 3.00. The van der Waals surface area contributed by atoms with E-state index in [1.807, 2.05) is 25.8 Å². The van der Waals surface area contributed by atoms with Crippen LogP contribution in [-0.2, 0) is 0 Å². The molecule has 0 aromatic heterocycles. The Labute approximate surface area is 133 Å². The van der Waals surface area contributed by atoms with E-state index in [1.165, 1.54) is 4.24 Å². The van der Waals surface area contributed by atoms with Crippen LogP contribution in [0.2, 0.25) is 18.1 Å². The predicted molar refractivity (Wildman–Crippen MR) is 92.4 cm³/mol. The number of halogens is 3. The molecule has 1 fully saturated rings. The summed E-state index contributed by atoms with van der Waals surface area (Å²) in [6.45, 7) is 11.6. The molecule has 0 aromatic rings. The Morgan fingerprint density at radius 1 is 1.11 bits per heavy atom. The molecule has 0 aliphatic carbocycles. The van der Waals surface area contributed by atoms with E-state index >= 15 is 0 Å². The third-order valence-electron chi connectivity index (χ3n) is 3.12. The standard InChI is InChI=1S/C9H16B3Cl3N3Si/c1-4-7-19(8-5-2,9-6-3)17-10-16-11(13)18(15)12(17)14/h4-6,16H,1-3,7-9H2. The first-order valence-electron chi connectivity index (χ1n) is 5.95. The van der Waals surface area contributed by atoms with Gasteiger partial charge in [-0.1, -0.05) is 18.2 Å². The minimum atomic E-state index is -1.98. The van der Waals surface area contributed by atoms with Crippen molar-refractivity contribution < 1.29 is 0 Å². The zero-order valence-electron chi connectivity index (χ0n) is 10.7. The number of allylic oxidation sites excluding steroid dienone is 3. The molecule has 1 aliphatic heterocycles. The van der Waals surface area contributed by atoms with Crippen molar-refractivity contribution in [1.82, 2.24) is 13.8 Å². The SMILES string of the molecule is C=CC[Si](CC=C)(CC=C)N1[B]NB(Cl)N(Cl)B1Cl. The predicted octanol–water partition coefficient (Wildman–Crippen LogP) is 2.83. The third-order valence-corrected chi connectivity index (χ3v) is 9.24. The highest BCUT2D eigenvalue weighted by Gasteiger charge is 2.49. The maximum Gasteiger partial charge on any atom is 0.411 e. The monoisotopic (exact) mass is 332 g/mol. The molecule has 1 aliphatic rings. The molecule has 1 rings (SSSR count). The summed E-state index contributed by atoms with van der Waals surface area (Å²) < 4.78 is 3.44. The van der Waals surface area contributed by atoms with Crippen LogP contribution >= 0.6 is 34.7 Å². The number of hydrogen-bond donors (Lipinski definition) is 1. The summed E-state index contributed by atoms with van der Waals surface area (Å²) in [4.78, 5) is 0. The largest absolute Gasteiger partial charge is 0.411 e. The smallest absolute Gasteiger partial charge is 0.368 e. The molecule has 1 heterocycles. The van der Waals surface area contributed by atoms with Crippen LogP contribution in [0, 0.1) is 0 Å². The summed E-state index contributed by atoms with van der Waals surface area (Å²) >= 11 is 18.5. The molecular weight excluding hydrogens is 317 g/mol. The second kappa shape index (κ2) is 7.98. The van der Waals surface area contributed by atoms with Crippen LogP contribution in [0.1, 0.15) is 0 Å². The second-order valence-electron chi connectivity index (χ2n) is 4.40. The molecule has 10 heteroatoms. The molecule has 0 bridgehead atoms. The fourth-order valence-corrected chi connectivity index (χ4v) is 7.14. The van der Waals surface area contributed by atoms with Crippen LogP contribution in [0.4, 0.5) is 0 Å². The van der Waals surface area contributed by atoms with E-state index in [2.05, 4.69) is 29.3 Å². The maximum absolute atomic E-state index is 6.42. The average molecular weight is 333 g/mol. The van der Waals surface area contributed by atoms with Gasteiger partial charge >= 0.3 is 12.8 Å². The van der Waals surface area contributed by atoms with Gasteiger partial charge in [-0.05, 0) is 29.9 Å². The molecule has 1 radical (unpaired) electrons. The summed E-state index contributed by atoms with van der Waals surface area (Å²) in [5.74, 6) is 0. The zero-order chi connectivity index (χ0) is 14.5. The van der Waals surface area contributed by atoms with Gasteiger partial charge in [-0.15, -0.1) is 42.7 Å². The zero-order valence-corrected chi connectivity index (χ0v) is 14.0. The summed E-state index contributed by atoms with van der Waals surface area (Å²) in [6.07, 6.45) is 4.73. The fraction of sp³-hybridized carbons (Fsp3) is 0.333. The summed E-state index contributed by atoms with van der Waals surface area (Å²) in [6, 6.07) is 2.60. The van der Waals surface area contributed by atoms with Gasteiger partial charge in [0.05, 0.1) is 0 Å². The van der Waals surface area contributed by atoms with E-state index in [0.717, 1.165) is 18.1 Å². The van der Waals surface area contributed by atoms with Crippen LogP contribution in [0.5, 0.6) is 0 Å². The number of hydrogen-bond acceptors (Lipinski definition) is 3. The Hall–Kier alpha value is 0.382. The first-order valence-corrected chi connectivity index (χ1v) is 9.73. The van der Waals surface area contributed by atoms with Crippen LogP contribution < -0.4 is 5.14 Å². The normalized spacial score (nSPS) is 18.1. The van der Waals surface area contributed by atoms with Crippen molar-refractivity contribution in [2.24, 2.45) is 0 Å². The Morgan fingerprint density at radius 2 is 1.58 bits per heavy atom. The van der Waals surface area contributed by atoms with Gasteiger partial charge < -0.3 is 9.53 Å². The van der Waals surface area contributed by atoms with Gasteiger partial charge in [-0.25, -0.2) is 4.24 Å². The average Bonchev–Trinajstić information content (AvgIpc) is 2.37. The first-order chi connectivity index (χ1) is 9.02. The highest BCUT2D eigenvalue weighted by Crippen LogP contribution is 2.31. The van der Waals surface area contributed by atoms with E-state index in [4.69, 9.17) is 34.7 Å². The van der Waals surface area contributed by atoms with Gasteiger partial charge in [-0.2, -0.15) is 0 Å². The van der Waals surface area contributed by atoms with Crippen molar-refractivity contribution in [3.63, 3.8) is 0 Å². The molecule has 0 aromatic carbocycles. The van der Waals surface area contributed by atoms with E-state index in [9.17, 15) is 0 Å². The molecule has 0 unspecified atom stereocenters. The van der Waals surface area contributed by atoms with Crippen molar-refractivity contribution in [3.8, 4) is 0 Å². The minimum Gasteiger partial charge on any atom is -0.368 e. The van der Waals surface area contributed by atoms with E-state index < -0.39 is 21.0 Å². The van der Waals surface area contributed by atoms with Gasteiger partial charge in [0.25, 0.3) is 7.55 Å². The van der Waals surface area contributed by atoms with Crippen molar-refractivity contribution in [1.29, 1.82) is 0 Å². The Balaban J connectivity index is 3.04. The van der Waals surface area contributed by atoms with Crippen molar-refractivity contribution in [2.45, 2.75) is 18.1 Å². The highest BCUT2D eigenvalue weighted by atomic mass is 35.5. The molecule has 0 spiro atoms. The molecule has 0 atom stereocenters. The molecular formula is C9H16B3Cl3N3Si. The lowest BCUT2D eigenvalue weighted by molar-refractivity contribution is 0.834. The second-order valence-corrected chi connectivity index (χ2v) is 9.78. The molecule has 3 nitrogen and oxygen atoms in total. The molecule has 1 saturated heterocycles. The van der Waals surface area contributed by atoms with Gasteiger partial charge in [0.1, 0.15) is 8.24 Å². The topological polar surface area (TPSA) is 18.5 Å². The van der Waals surface area contributed by atoms with Crippen LogP contribution in [-0.4, -0.2) is 37.2 Å². The van der Waals surface area contributed by atoms with Crippen molar-refractivity contribution >= 4 is 63.3 Å². The minimum absolute atomic E-state index is 0.503. The van der Waals surface area contributed by atoms with Gasteiger partial charge in [0, 0.05) is 0 Å². The Morgan fingerprint density at radius 3 is 2.00 bits per heavy atom. The van der Waals surface area contributed by atoms with Crippen LogP contribution in [0.25, 0.3) is 0 Å². The lowest BCUT2D eigenvalue weighted by Gasteiger charge is -2.47. The Bertz CT molecular complexity index is 323. The van der Waals surface area contributed by atoms with Crippen LogP contribution in [0.3, 0.4) is 0 Å². The number of nitrogens with zero attached hydrogens (tertiary/aromatic N) is 2. The van der Waals surface area contributed by atoms with E-state index in [1.54, 1.807) is 0 Å². The summed E-state index contributed by atoms with van der Waals surface area (Å²) in [7, 11) is -0.154. The fourth-order valence-electron chi connectivity index (χ4n) is 2.24. The number of rotatable bonds is 7. The van der Waals surface area contributed by atoms with Crippen molar-refractivity contribution in [3.05, 3.63) is 38.0 Å². The first kappa shape index (κ1) is 17.4. The maximum atomic E-state index is 6.42. The third kappa shape index (κ3) is 3.94. The molecule has 101 valence electrons. The lowest BCUT2D eigenvalue weighted by Crippen LogP contribution is -2.73. The lowest BCUT2D eigenvalue weighted by atomic mass is 9.82.